The summed E-state index contributed by atoms with van der Waals surface area (Å²) in [6, 6.07) is 21.8. The number of benzene rings is 3. The average Bonchev–Trinajstić information content (AvgIpc) is 3.42. The Labute approximate surface area is 245 Å². The largest absolute Gasteiger partial charge is 0.106 e. The van der Waals surface area contributed by atoms with Gasteiger partial charge in [0.1, 0.15) is 8.07 Å². The fraction of sp³-hybridized carbons (Fsp3) is 0.436. The van der Waals surface area contributed by atoms with Gasteiger partial charge in [0.15, 0.2) is 0 Å². The summed E-state index contributed by atoms with van der Waals surface area (Å²) in [5.41, 5.74) is 16.2. The van der Waals surface area contributed by atoms with Crippen LogP contribution in [0.4, 0.5) is 0 Å². The van der Waals surface area contributed by atoms with Crippen molar-refractivity contribution in [1.82, 2.24) is 0 Å². The van der Waals surface area contributed by atoms with Crippen molar-refractivity contribution >= 4 is 25.4 Å². The Balaban J connectivity index is 1.83. The molecule has 0 saturated carbocycles. The Morgan fingerprint density at radius 1 is 0.550 bits per heavy atom. The van der Waals surface area contributed by atoms with Gasteiger partial charge in [-0.3, -0.25) is 0 Å². The van der Waals surface area contributed by atoms with E-state index in [4.69, 9.17) is 0 Å². The third-order valence-electron chi connectivity index (χ3n) is 9.98. The summed E-state index contributed by atoms with van der Waals surface area (Å²) >= 11 is 0. The molecule has 0 N–H and O–H groups in total. The van der Waals surface area contributed by atoms with Gasteiger partial charge in [-0.2, -0.15) is 0 Å². The SMILES string of the molecule is CC1=Cc2c(C(C)C)cc(C(C)C)cc2C1[Si](C)(c1ccccc1)C1C(C)=Cc2c(C(C)C)cc(C(C)C)cc21. The lowest BCUT2D eigenvalue weighted by Crippen LogP contribution is -2.56. The molecule has 3 aromatic rings. The monoisotopic (exact) mass is 546 g/mol. The van der Waals surface area contributed by atoms with Crippen molar-refractivity contribution < 1.29 is 0 Å². The Kier molecular flexibility index (Phi) is 7.68. The van der Waals surface area contributed by atoms with Gasteiger partial charge in [0.05, 0.1) is 0 Å². The van der Waals surface area contributed by atoms with Crippen LogP contribution in [0.2, 0.25) is 6.55 Å². The molecule has 0 nitrogen and oxygen atoms in total. The number of rotatable bonds is 7. The van der Waals surface area contributed by atoms with Crippen molar-refractivity contribution in [2.45, 2.75) is 111 Å². The molecule has 0 bridgehead atoms. The Bertz CT molecular complexity index is 1390. The zero-order valence-corrected chi connectivity index (χ0v) is 27.8. The Hall–Kier alpha value is -2.64. The van der Waals surface area contributed by atoms with Crippen LogP contribution in [0, 0.1) is 0 Å². The first-order valence-electron chi connectivity index (χ1n) is 15.6. The molecule has 2 atom stereocenters. The van der Waals surface area contributed by atoms with E-state index < -0.39 is 8.07 Å². The minimum absolute atomic E-state index is 0.450. The molecule has 210 valence electrons. The molecular weight excluding hydrogens is 497 g/mol. The van der Waals surface area contributed by atoms with Gasteiger partial charge >= 0.3 is 0 Å². The van der Waals surface area contributed by atoms with Gasteiger partial charge in [0.25, 0.3) is 0 Å². The van der Waals surface area contributed by atoms with Gasteiger partial charge in [-0.1, -0.05) is 145 Å². The fourth-order valence-electron chi connectivity index (χ4n) is 7.88. The quantitative estimate of drug-likeness (QED) is 0.259. The molecule has 2 aliphatic carbocycles. The number of hydrogen-bond acceptors (Lipinski definition) is 0. The van der Waals surface area contributed by atoms with E-state index in [1.165, 1.54) is 33.4 Å². The predicted molar refractivity (Wildman–Crippen MR) is 180 cm³/mol. The molecule has 0 radical (unpaired) electrons. The molecule has 0 heterocycles. The molecule has 0 saturated heterocycles. The topological polar surface area (TPSA) is 0 Å². The molecule has 2 unspecified atom stereocenters. The first kappa shape index (κ1) is 28.9. The van der Waals surface area contributed by atoms with E-state index in [2.05, 4.69) is 143 Å². The van der Waals surface area contributed by atoms with Gasteiger partial charge in [-0.05, 0) is 82.0 Å². The zero-order valence-electron chi connectivity index (χ0n) is 26.8. The lowest BCUT2D eigenvalue weighted by Gasteiger charge is -2.43. The Morgan fingerprint density at radius 2 is 0.950 bits per heavy atom. The van der Waals surface area contributed by atoms with E-state index in [9.17, 15) is 0 Å². The summed E-state index contributed by atoms with van der Waals surface area (Å²) in [5.74, 6) is 2.06. The molecule has 5 rings (SSSR count). The highest BCUT2D eigenvalue weighted by Crippen LogP contribution is 2.54. The second-order valence-corrected chi connectivity index (χ2v) is 18.4. The average molecular weight is 547 g/mol. The van der Waals surface area contributed by atoms with Crippen molar-refractivity contribution in [2.75, 3.05) is 0 Å². The zero-order chi connectivity index (χ0) is 29.1. The van der Waals surface area contributed by atoms with Crippen LogP contribution in [0.5, 0.6) is 0 Å². The fourth-order valence-corrected chi connectivity index (χ4v) is 13.6. The van der Waals surface area contributed by atoms with Gasteiger partial charge in [-0.25, -0.2) is 0 Å². The van der Waals surface area contributed by atoms with Crippen LogP contribution in [-0.2, 0) is 0 Å². The molecule has 1 heteroatoms. The third kappa shape index (κ3) is 4.59. The molecule has 3 aromatic carbocycles. The van der Waals surface area contributed by atoms with Crippen molar-refractivity contribution in [2.24, 2.45) is 0 Å². The summed E-state index contributed by atoms with van der Waals surface area (Å²) < 4.78 is 0. The summed E-state index contributed by atoms with van der Waals surface area (Å²) in [5, 5.41) is 1.58. The van der Waals surface area contributed by atoms with E-state index in [1.807, 2.05) is 0 Å². The lowest BCUT2D eigenvalue weighted by molar-refractivity contribution is 0.822. The Morgan fingerprint density at radius 3 is 1.30 bits per heavy atom. The number of hydrogen-bond donors (Lipinski definition) is 0. The maximum Gasteiger partial charge on any atom is 0.106 e. The first-order valence-corrected chi connectivity index (χ1v) is 18.3. The van der Waals surface area contributed by atoms with E-state index in [0.29, 0.717) is 34.8 Å². The molecule has 0 aromatic heterocycles. The maximum atomic E-state index is 2.71. The third-order valence-corrected chi connectivity index (χ3v) is 15.5. The predicted octanol–water partition coefficient (Wildman–Crippen LogP) is 10.9. The molecule has 0 aliphatic heterocycles. The molecular formula is C39H50Si. The van der Waals surface area contributed by atoms with Crippen LogP contribution in [0.3, 0.4) is 0 Å². The van der Waals surface area contributed by atoms with Gasteiger partial charge in [0.2, 0.25) is 0 Å². The van der Waals surface area contributed by atoms with Crippen molar-refractivity contribution in [3.8, 4) is 0 Å². The van der Waals surface area contributed by atoms with Crippen LogP contribution in [0.1, 0.15) is 148 Å². The van der Waals surface area contributed by atoms with Crippen LogP contribution < -0.4 is 5.19 Å². The molecule has 0 spiro atoms. The van der Waals surface area contributed by atoms with Crippen LogP contribution in [0.25, 0.3) is 12.2 Å². The normalized spacial score (nSPS) is 19.8. The van der Waals surface area contributed by atoms with Crippen LogP contribution in [-0.4, -0.2) is 8.07 Å². The maximum absolute atomic E-state index is 2.71. The molecule has 0 amide bonds. The molecule has 0 fully saturated rings. The van der Waals surface area contributed by atoms with E-state index in [1.54, 1.807) is 27.5 Å². The smallest absolute Gasteiger partial charge is 0.0675 e. The second kappa shape index (κ2) is 10.6. The minimum Gasteiger partial charge on any atom is -0.0675 e. The molecule has 40 heavy (non-hydrogen) atoms. The summed E-state index contributed by atoms with van der Waals surface area (Å²) in [6.45, 7) is 26.4. The highest BCUT2D eigenvalue weighted by atomic mass is 28.3. The van der Waals surface area contributed by atoms with E-state index in [-0.39, 0.29) is 0 Å². The van der Waals surface area contributed by atoms with Crippen molar-refractivity contribution in [3.63, 3.8) is 0 Å². The number of allylic oxidation sites excluding steroid dienone is 2. The summed E-state index contributed by atoms with van der Waals surface area (Å²) in [4.78, 5) is 0. The lowest BCUT2D eigenvalue weighted by atomic mass is 9.89. The summed E-state index contributed by atoms with van der Waals surface area (Å²) in [7, 11) is -2.26. The van der Waals surface area contributed by atoms with Crippen molar-refractivity contribution in [3.05, 3.63) is 110 Å². The highest BCUT2D eigenvalue weighted by Gasteiger charge is 2.51. The standard InChI is InChI=1S/C39H50Si/c1-23(2)29-19-32(25(5)6)34-17-27(9)38(36(34)21-29)40(11,31-15-13-12-14-16-31)39-28(10)18-35-33(26(7)8)20-30(24(3)4)22-37(35)39/h12-26,38-39H,1-11H3. The highest BCUT2D eigenvalue weighted by molar-refractivity contribution is 6.94. The van der Waals surface area contributed by atoms with Crippen molar-refractivity contribution in [1.29, 1.82) is 0 Å². The number of fused-ring (bicyclic) bond motifs is 2. The molecule has 2 aliphatic rings. The van der Waals surface area contributed by atoms with Gasteiger partial charge in [-0.15, -0.1) is 0 Å². The minimum atomic E-state index is -2.26. The van der Waals surface area contributed by atoms with Gasteiger partial charge < -0.3 is 0 Å². The first-order chi connectivity index (χ1) is 18.9. The second-order valence-electron chi connectivity index (χ2n) is 14.1. The van der Waals surface area contributed by atoms with Crippen LogP contribution in [0.15, 0.2) is 65.7 Å². The van der Waals surface area contributed by atoms with Crippen LogP contribution >= 0.6 is 0 Å². The summed E-state index contributed by atoms with van der Waals surface area (Å²) in [6.07, 6.45) is 5.12. The van der Waals surface area contributed by atoms with Gasteiger partial charge in [0, 0.05) is 11.1 Å². The van der Waals surface area contributed by atoms with E-state index >= 15 is 0 Å². The van der Waals surface area contributed by atoms with E-state index in [0.717, 1.165) is 0 Å².